The van der Waals surface area contributed by atoms with Gasteiger partial charge in [-0.2, -0.15) is 8.42 Å². The summed E-state index contributed by atoms with van der Waals surface area (Å²) in [5.74, 6) is 0. The van der Waals surface area contributed by atoms with E-state index in [1.165, 1.54) is 5.56 Å². The molecule has 0 fully saturated rings. The van der Waals surface area contributed by atoms with Crippen molar-refractivity contribution < 1.29 is 12.6 Å². The van der Waals surface area contributed by atoms with Crippen molar-refractivity contribution in [1.82, 2.24) is 0 Å². The van der Waals surface area contributed by atoms with Crippen molar-refractivity contribution in [1.29, 1.82) is 0 Å². The zero-order valence-electron chi connectivity index (χ0n) is 14.2. The topological polar surface area (TPSA) is 43.4 Å². The molecule has 0 spiro atoms. The van der Waals surface area contributed by atoms with Crippen LogP contribution in [0.25, 0.3) is 0 Å². The van der Waals surface area contributed by atoms with Gasteiger partial charge in [0.15, 0.2) is 0 Å². The van der Waals surface area contributed by atoms with Crippen LogP contribution in [0.1, 0.15) is 37.5 Å². The van der Waals surface area contributed by atoms with Crippen LogP contribution in [0.2, 0.25) is 0 Å². The minimum absolute atomic E-state index is 0.0203. The Morgan fingerprint density at radius 1 is 0.957 bits per heavy atom. The summed E-state index contributed by atoms with van der Waals surface area (Å²) in [5, 5.41) is 0. The van der Waals surface area contributed by atoms with Gasteiger partial charge in [0.05, 0.1) is 11.5 Å². The predicted molar refractivity (Wildman–Crippen MR) is 93.2 cm³/mol. The summed E-state index contributed by atoms with van der Waals surface area (Å²) in [7, 11) is -3.70. The van der Waals surface area contributed by atoms with Crippen molar-refractivity contribution in [2.24, 2.45) is 0 Å². The zero-order chi connectivity index (χ0) is 17.1. The molecular weight excluding hydrogens is 308 g/mol. The van der Waals surface area contributed by atoms with E-state index in [2.05, 4.69) is 26.8 Å². The van der Waals surface area contributed by atoms with Gasteiger partial charge in [-0.15, -0.1) is 0 Å². The smallest absolute Gasteiger partial charge is 0.266 e. The molecule has 124 valence electrons. The standard InChI is InChI=1S/C19H24O3S/c1-15-9-11-17(12-10-15)23(20,21)22-14-13-16-7-5-6-8-18(16)19(2,3)4/h5-12H,13-14H2,1-4H3. The number of rotatable bonds is 5. The Hall–Kier alpha value is -1.65. The third kappa shape index (κ3) is 4.66. The SMILES string of the molecule is Cc1ccc(S(=O)(=O)OCCc2ccccc2C(C)(C)C)cc1. The van der Waals surface area contributed by atoms with Crippen LogP contribution in [-0.4, -0.2) is 15.0 Å². The summed E-state index contributed by atoms with van der Waals surface area (Å²) in [6.07, 6.45) is 0.568. The van der Waals surface area contributed by atoms with E-state index in [1.54, 1.807) is 24.3 Å². The minimum atomic E-state index is -3.70. The molecular formula is C19H24O3S. The second-order valence-electron chi connectivity index (χ2n) is 6.75. The van der Waals surface area contributed by atoms with Crippen LogP contribution in [0.5, 0.6) is 0 Å². The molecule has 2 aromatic rings. The van der Waals surface area contributed by atoms with Gasteiger partial charge in [0, 0.05) is 0 Å². The summed E-state index contributed by atoms with van der Waals surface area (Å²) in [6.45, 7) is 8.51. The van der Waals surface area contributed by atoms with Gasteiger partial charge in [-0.25, -0.2) is 0 Å². The van der Waals surface area contributed by atoms with E-state index in [4.69, 9.17) is 4.18 Å². The third-order valence-electron chi connectivity index (χ3n) is 3.74. The fourth-order valence-corrected chi connectivity index (χ4v) is 3.41. The van der Waals surface area contributed by atoms with Crippen LogP contribution in [-0.2, 0) is 26.1 Å². The average molecular weight is 332 g/mol. The molecule has 0 unspecified atom stereocenters. The Morgan fingerprint density at radius 3 is 2.17 bits per heavy atom. The van der Waals surface area contributed by atoms with Gasteiger partial charge in [0.2, 0.25) is 0 Å². The average Bonchev–Trinajstić information content (AvgIpc) is 2.47. The molecule has 0 aliphatic heterocycles. The summed E-state index contributed by atoms with van der Waals surface area (Å²) < 4.78 is 29.6. The molecule has 2 rings (SSSR count). The van der Waals surface area contributed by atoms with Crippen molar-refractivity contribution >= 4 is 10.1 Å². The van der Waals surface area contributed by atoms with E-state index in [9.17, 15) is 8.42 Å². The molecule has 0 heterocycles. The number of benzene rings is 2. The lowest BCUT2D eigenvalue weighted by Crippen LogP contribution is -2.16. The fraction of sp³-hybridized carbons (Fsp3) is 0.368. The molecule has 3 nitrogen and oxygen atoms in total. The summed E-state index contributed by atoms with van der Waals surface area (Å²) >= 11 is 0. The summed E-state index contributed by atoms with van der Waals surface area (Å²) in [4.78, 5) is 0.201. The minimum Gasteiger partial charge on any atom is -0.266 e. The molecule has 0 aromatic heterocycles. The molecule has 0 saturated carbocycles. The Balaban J connectivity index is 2.07. The van der Waals surface area contributed by atoms with Crippen LogP contribution in [0.3, 0.4) is 0 Å². The van der Waals surface area contributed by atoms with Crippen molar-refractivity contribution in [2.45, 2.75) is 44.4 Å². The molecule has 0 N–H and O–H groups in total. The molecule has 0 saturated heterocycles. The predicted octanol–water partition coefficient (Wildman–Crippen LogP) is 4.24. The van der Waals surface area contributed by atoms with Gasteiger partial charge in [0.1, 0.15) is 0 Å². The van der Waals surface area contributed by atoms with Crippen LogP contribution in [0.4, 0.5) is 0 Å². The van der Waals surface area contributed by atoms with Crippen molar-refractivity contribution in [3.05, 3.63) is 65.2 Å². The highest BCUT2D eigenvalue weighted by atomic mass is 32.2. The molecule has 23 heavy (non-hydrogen) atoms. The molecule has 0 bridgehead atoms. The molecule has 0 aliphatic rings. The number of hydrogen-bond donors (Lipinski definition) is 0. The van der Waals surface area contributed by atoms with Crippen molar-refractivity contribution in [3.8, 4) is 0 Å². The van der Waals surface area contributed by atoms with Crippen LogP contribution >= 0.6 is 0 Å². The van der Waals surface area contributed by atoms with Crippen molar-refractivity contribution in [3.63, 3.8) is 0 Å². The first-order valence-corrected chi connectivity index (χ1v) is 9.15. The fourth-order valence-electron chi connectivity index (χ4n) is 2.50. The Labute approximate surface area is 139 Å². The molecule has 4 heteroatoms. The van der Waals surface area contributed by atoms with Gasteiger partial charge in [-0.1, -0.05) is 62.7 Å². The molecule has 0 aliphatic carbocycles. The normalized spacial score (nSPS) is 12.3. The lowest BCUT2D eigenvalue weighted by Gasteiger charge is -2.22. The maximum absolute atomic E-state index is 12.2. The number of hydrogen-bond acceptors (Lipinski definition) is 3. The quantitative estimate of drug-likeness (QED) is 0.769. The summed E-state index contributed by atoms with van der Waals surface area (Å²) in [5.41, 5.74) is 3.38. The lowest BCUT2D eigenvalue weighted by atomic mass is 9.83. The van der Waals surface area contributed by atoms with E-state index in [0.717, 1.165) is 11.1 Å². The zero-order valence-corrected chi connectivity index (χ0v) is 15.0. The first kappa shape index (κ1) is 17.7. The van der Waals surface area contributed by atoms with Gasteiger partial charge in [0.25, 0.3) is 10.1 Å². The number of aryl methyl sites for hydroxylation is 1. The third-order valence-corrected chi connectivity index (χ3v) is 5.07. The van der Waals surface area contributed by atoms with E-state index in [0.29, 0.717) is 6.42 Å². The Bertz CT molecular complexity index is 754. The van der Waals surface area contributed by atoms with E-state index >= 15 is 0 Å². The lowest BCUT2D eigenvalue weighted by molar-refractivity contribution is 0.321. The van der Waals surface area contributed by atoms with Gasteiger partial charge >= 0.3 is 0 Å². The highest BCUT2D eigenvalue weighted by molar-refractivity contribution is 7.86. The van der Waals surface area contributed by atoms with Crippen LogP contribution in [0, 0.1) is 6.92 Å². The van der Waals surface area contributed by atoms with E-state index < -0.39 is 10.1 Å². The van der Waals surface area contributed by atoms with Crippen molar-refractivity contribution in [2.75, 3.05) is 6.61 Å². The maximum Gasteiger partial charge on any atom is 0.296 e. The Morgan fingerprint density at radius 2 is 1.57 bits per heavy atom. The van der Waals surface area contributed by atoms with Crippen LogP contribution in [0.15, 0.2) is 53.4 Å². The molecule has 0 atom stereocenters. The first-order chi connectivity index (χ1) is 10.7. The largest absolute Gasteiger partial charge is 0.296 e. The highest BCUT2D eigenvalue weighted by Crippen LogP contribution is 2.26. The van der Waals surface area contributed by atoms with Gasteiger partial charge in [-0.05, 0) is 42.0 Å². The molecule has 0 amide bonds. The second kappa shape index (κ2) is 6.85. The molecule has 2 aromatic carbocycles. The second-order valence-corrected chi connectivity index (χ2v) is 8.36. The monoisotopic (exact) mass is 332 g/mol. The highest BCUT2D eigenvalue weighted by Gasteiger charge is 2.19. The van der Waals surface area contributed by atoms with Crippen LogP contribution < -0.4 is 0 Å². The maximum atomic E-state index is 12.2. The van der Waals surface area contributed by atoms with Gasteiger partial charge in [-0.3, -0.25) is 4.18 Å². The van der Waals surface area contributed by atoms with E-state index in [-0.39, 0.29) is 16.9 Å². The van der Waals surface area contributed by atoms with E-state index in [1.807, 2.05) is 25.1 Å². The Kier molecular flexibility index (Phi) is 5.27. The first-order valence-electron chi connectivity index (χ1n) is 7.75. The van der Waals surface area contributed by atoms with Gasteiger partial charge < -0.3 is 0 Å². The summed E-state index contributed by atoms with van der Waals surface area (Å²) in [6, 6.07) is 14.8. The molecule has 0 radical (unpaired) electrons.